The molecule has 0 saturated carbocycles. The average molecular weight is 486 g/mol. The number of pyridine rings is 1. The molecule has 1 aliphatic rings. The molecule has 0 atom stereocenters. The Hall–Kier alpha value is -2.75. The number of hydrogen-bond acceptors (Lipinski definition) is 5. The van der Waals surface area contributed by atoms with Gasteiger partial charge in [-0.25, -0.2) is 17.8 Å². The number of amides is 1. The molecule has 3 aromatic rings. The lowest BCUT2D eigenvalue weighted by atomic mass is 10.2. The van der Waals surface area contributed by atoms with Gasteiger partial charge in [-0.1, -0.05) is 24.3 Å². The Morgan fingerprint density at radius 2 is 1.67 bits per heavy atom. The SMILES string of the molecule is O=C(NCc1ccc(S(=O)(=O)N2CCCC2)cc1)c1cccnc1SCc1ccc(F)cc1. The molecule has 1 N–H and O–H groups in total. The predicted octanol–water partition coefficient (Wildman–Crippen LogP) is 4.23. The van der Waals surface area contributed by atoms with Crippen LogP contribution in [0.4, 0.5) is 4.39 Å². The van der Waals surface area contributed by atoms with Crippen molar-refractivity contribution in [2.45, 2.75) is 35.1 Å². The Morgan fingerprint density at radius 3 is 2.36 bits per heavy atom. The third kappa shape index (κ3) is 5.79. The number of aromatic nitrogens is 1. The number of benzene rings is 2. The first-order valence-corrected chi connectivity index (χ1v) is 13.1. The van der Waals surface area contributed by atoms with Crippen molar-refractivity contribution in [1.29, 1.82) is 0 Å². The zero-order chi connectivity index (χ0) is 23.3. The van der Waals surface area contributed by atoms with Crippen LogP contribution in [0.25, 0.3) is 0 Å². The van der Waals surface area contributed by atoms with Gasteiger partial charge in [0, 0.05) is 31.6 Å². The van der Waals surface area contributed by atoms with E-state index in [0.717, 1.165) is 24.0 Å². The quantitative estimate of drug-likeness (QED) is 0.483. The highest BCUT2D eigenvalue weighted by molar-refractivity contribution is 7.98. The van der Waals surface area contributed by atoms with Crippen molar-refractivity contribution in [2.24, 2.45) is 0 Å². The van der Waals surface area contributed by atoms with Crippen molar-refractivity contribution in [1.82, 2.24) is 14.6 Å². The molecule has 172 valence electrons. The van der Waals surface area contributed by atoms with E-state index in [1.54, 1.807) is 54.7 Å². The molecule has 0 spiro atoms. The van der Waals surface area contributed by atoms with Crippen LogP contribution in [0, 0.1) is 5.82 Å². The molecule has 2 heterocycles. The van der Waals surface area contributed by atoms with Crippen LogP contribution in [0.5, 0.6) is 0 Å². The first kappa shape index (κ1) is 23.4. The van der Waals surface area contributed by atoms with Gasteiger partial charge in [0.2, 0.25) is 10.0 Å². The molecular formula is C24H24FN3O3S2. The molecule has 0 radical (unpaired) electrons. The summed E-state index contributed by atoms with van der Waals surface area (Å²) in [6.45, 7) is 1.39. The summed E-state index contributed by atoms with van der Waals surface area (Å²) in [5.41, 5.74) is 2.19. The van der Waals surface area contributed by atoms with Crippen LogP contribution >= 0.6 is 11.8 Å². The normalized spacial score (nSPS) is 14.3. The van der Waals surface area contributed by atoms with Gasteiger partial charge in [0.1, 0.15) is 10.8 Å². The third-order valence-electron chi connectivity index (χ3n) is 5.38. The minimum absolute atomic E-state index is 0.264. The van der Waals surface area contributed by atoms with Gasteiger partial charge in [0.05, 0.1) is 10.5 Å². The molecule has 1 aliphatic heterocycles. The van der Waals surface area contributed by atoms with E-state index in [4.69, 9.17) is 0 Å². The van der Waals surface area contributed by atoms with Gasteiger partial charge in [-0.15, -0.1) is 11.8 Å². The highest BCUT2D eigenvalue weighted by Gasteiger charge is 2.26. The molecule has 0 aliphatic carbocycles. The van der Waals surface area contributed by atoms with Crippen molar-refractivity contribution in [3.05, 3.63) is 89.4 Å². The van der Waals surface area contributed by atoms with Crippen molar-refractivity contribution >= 4 is 27.7 Å². The Morgan fingerprint density at radius 1 is 1.00 bits per heavy atom. The molecule has 1 aromatic heterocycles. The lowest BCUT2D eigenvalue weighted by molar-refractivity contribution is 0.0947. The minimum atomic E-state index is -3.45. The molecule has 1 amide bonds. The van der Waals surface area contributed by atoms with Gasteiger partial charge in [-0.3, -0.25) is 4.79 Å². The number of nitrogens with one attached hydrogen (secondary N) is 1. The van der Waals surface area contributed by atoms with E-state index in [9.17, 15) is 17.6 Å². The maximum absolute atomic E-state index is 13.1. The molecule has 4 rings (SSSR count). The maximum Gasteiger partial charge on any atom is 0.254 e. The predicted molar refractivity (Wildman–Crippen MR) is 126 cm³/mol. The summed E-state index contributed by atoms with van der Waals surface area (Å²) in [4.78, 5) is 17.4. The van der Waals surface area contributed by atoms with Crippen LogP contribution in [-0.4, -0.2) is 36.7 Å². The number of thioether (sulfide) groups is 1. The van der Waals surface area contributed by atoms with Crippen LogP contribution in [0.2, 0.25) is 0 Å². The molecule has 2 aromatic carbocycles. The summed E-state index contributed by atoms with van der Waals surface area (Å²) in [6.07, 6.45) is 3.41. The van der Waals surface area contributed by atoms with Gasteiger partial charge < -0.3 is 5.32 Å². The molecule has 33 heavy (non-hydrogen) atoms. The summed E-state index contributed by atoms with van der Waals surface area (Å²) < 4.78 is 39.9. The number of rotatable bonds is 8. The lowest BCUT2D eigenvalue weighted by Gasteiger charge is -2.15. The van der Waals surface area contributed by atoms with E-state index in [-0.39, 0.29) is 23.2 Å². The second-order valence-corrected chi connectivity index (χ2v) is 10.6. The molecule has 9 heteroatoms. The van der Waals surface area contributed by atoms with Crippen LogP contribution in [0.15, 0.2) is 76.8 Å². The van der Waals surface area contributed by atoms with Crippen molar-refractivity contribution in [2.75, 3.05) is 13.1 Å². The van der Waals surface area contributed by atoms with Gasteiger partial charge in [-0.2, -0.15) is 4.31 Å². The summed E-state index contributed by atoms with van der Waals surface area (Å²) in [7, 11) is -3.45. The zero-order valence-corrected chi connectivity index (χ0v) is 19.5. The number of sulfonamides is 1. The topological polar surface area (TPSA) is 79.4 Å². The van der Waals surface area contributed by atoms with Crippen molar-refractivity contribution in [3.63, 3.8) is 0 Å². The summed E-state index contributed by atoms with van der Waals surface area (Å²) in [5.74, 6) is 0.00616. The van der Waals surface area contributed by atoms with E-state index < -0.39 is 10.0 Å². The summed E-state index contributed by atoms with van der Waals surface area (Å²) in [6, 6.07) is 16.3. The standard InChI is InChI=1S/C24H24FN3O3S2/c25-20-9-5-19(6-10-20)17-32-24-22(4-3-13-26-24)23(29)27-16-18-7-11-21(12-8-18)33(30,31)28-14-1-2-15-28/h3-13H,1-2,14-17H2,(H,27,29). The monoisotopic (exact) mass is 485 g/mol. The Kier molecular flexibility index (Phi) is 7.42. The number of nitrogens with zero attached hydrogens (tertiary/aromatic N) is 2. The fourth-order valence-corrected chi connectivity index (χ4v) is 6.01. The van der Waals surface area contributed by atoms with E-state index in [2.05, 4.69) is 10.3 Å². The van der Waals surface area contributed by atoms with Crippen LogP contribution < -0.4 is 5.32 Å². The van der Waals surface area contributed by atoms with Crippen LogP contribution in [-0.2, 0) is 22.3 Å². The third-order valence-corrected chi connectivity index (χ3v) is 8.37. The van der Waals surface area contributed by atoms with Gasteiger partial charge in [-0.05, 0) is 60.4 Å². The van der Waals surface area contributed by atoms with Gasteiger partial charge in [0.25, 0.3) is 5.91 Å². The Bertz CT molecular complexity index is 1210. The molecule has 0 bridgehead atoms. The Labute approximate surface area is 197 Å². The van der Waals surface area contributed by atoms with E-state index in [0.29, 0.717) is 29.4 Å². The van der Waals surface area contributed by atoms with E-state index in [1.807, 2.05) is 0 Å². The number of halogens is 1. The first-order chi connectivity index (χ1) is 15.9. The van der Waals surface area contributed by atoms with Crippen LogP contribution in [0.3, 0.4) is 0 Å². The number of hydrogen-bond donors (Lipinski definition) is 1. The summed E-state index contributed by atoms with van der Waals surface area (Å²) >= 11 is 1.41. The van der Waals surface area contributed by atoms with Gasteiger partial charge >= 0.3 is 0 Å². The van der Waals surface area contributed by atoms with Crippen molar-refractivity contribution in [3.8, 4) is 0 Å². The first-order valence-electron chi connectivity index (χ1n) is 10.6. The second kappa shape index (κ2) is 10.5. The minimum Gasteiger partial charge on any atom is -0.348 e. The highest BCUT2D eigenvalue weighted by atomic mass is 32.2. The van der Waals surface area contributed by atoms with E-state index in [1.165, 1.54) is 28.2 Å². The zero-order valence-electron chi connectivity index (χ0n) is 17.9. The Balaban J connectivity index is 1.37. The van der Waals surface area contributed by atoms with Crippen LogP contribution in [0.1, 0.15) is 34.3 Å². The fourth-order valence-electron chi connectivity index (χ4n) is 3.55. The largest absolute Gasteiger partial charge is 0.348 e. The second-order valence-electron chi connectivity index (χ2n) is 7.71. The molecule has 6 nitrogen and oxygen atoms in total. The molecule has 1 saturated heterocycles. The van der Waals surface area contributed by atoms with Crippen molar-refractivity contribution < 1.29 is 17.6 Å². The smallest absolute Gasteiger partial charge is 0.254 e. The lowest BCUT2D eigenvalue weighted by Crippen LogP contribution is -2.28. The highest BCUT2D eigenvalue weighted by Crippen LogP contribution is 2.25. The van der Waals surface area contributed by atoms with Gasteiger partial charge in [0.15, 0.2) is 0 Å². The average Bonchev–Trinajstić information content (AvgIpc) is 3.39. The number of carbonyl (C=O) groups excluding carboxylic acids is 1. The fraction of sp³-hybridized carbons (Fsp3) is 0.250. The molecule has 0 unspecified atom stereocenters. The maximum atomic E-state index is 13.1. The molecular weight excluding hydrogens is 461 g/mol. The summed E-state index contributed by atoms with van der Waals surface area (Å²) in [5, 5.41) is 3.46. The molecule has 1 fully saturated rings. The number of carbonyl (C=O) groups is 1. The van der Waals surface area contributed by atoms with E-state index >= 15 is 0 Å².